The molecule has 2 aliphatic rings. The lowest BCUT2D eigenvalue weighted by atomic mass is 9.93. The second-order valence-corrected chi connectivity index (χ2v) is 11.1. The van der Waals surface area contributed by atoms with Crippen LogP contribution < -0.4 is 20.1 Å². The molecule has 9 heteroatoms. The molecule has 0 spiro atoms. The third kappa shape index (κ3) is 6.89. The summed E-state index contributed by atoms with van der Waals surface area (Å²) in [7, 11) is 3.23. The van der Waals surface area contributed by atoms with Crippen LogP contribution in [0.1, 0.15) is 79.9 Å². The van der Waals surface area contributed by atoms with Crippen molar-refractivity contribution in [3.05, 3.63) is 65.6 Å². The normalized spacial score (nSPS) is 16.2. The second kappa shape index (κ2) is 13.2. The molecule has 5 rings (SSSR count). The molecule has 2 fully saturated rings. The zero-order valence-corrected chi connectivity index (χ0v) is 23.8. The Kier molecular flexibility index (Phi) is 9.21. The number of carbonyl (C=O) groups excluding carboxylic acids is 2. The molecule has 0 aliphatic heterocycles. The Hall–Kier alpha value is -3.88. The van der Waals surface area contributed by atoms with Gasteiger partial charge in [-0.3, -0.25) is 14.3 Å². The molecule has 218 valence electrons. The summed E-state index contributed by atoms with van der Waals surface area (Å²) in [6.07, 6.45) is 8.58. The number of carbonyl (C=O) groups is 2. The molecule has 0 radical (unpaired) electrons. The summed E-state index contributed by atoms with van der Waals surface area (Å²) in [5.41, 5.74) is 2.75. The average Bonchev–Trinajstić information content (AvgIpc) is 3.64. The number of rotatable bonds is 12. The first-order valence-corrected chi connectivity index (χ1v) is 14.6. The molecule has 41 heavy (non-hydrogen) atoms. The minimum atomic E-state index is -0.409. The van der Waals surface area contributed by atoms with Crippen LogP contribution in [0, 0.1) is 5.82 Å². The molecule has 3 aromatic rings. The minimum absolute atomic E-state index is 0.0740. The third-order valence-corrected chi connectivity index (χ3v) is 8.25. The van der Waals surface area contributed by atoms with Crippen LogP contribution in [0.4, 0.5) is 4.39 Å². The van der Waals surface area contributed by atoms with Gasteiger partial charge in [0.15, 0.2) is 5.69 Å². The summed E-state index contributed by atoms with van der Waals surface area (Å²) in [6.45, 7) is 0. The maximum Gasteiger partial charge on any atom is 0.272 e. The van der Waals surface area contributed by atoms with Crippen molar-refractivity contribution in [2.24, 2.45) is 0 Å². The Morgan fingerprint density at radius 2 is 1.68 bits per heavy atom. The van der Waals surface area contributed by atoms with Crippen LogP contribution in [0.3, 0.4) is 0 Å². The Balaban J connectivity index is 1.40. The van der Waals surface area contributed by atoms with E-state index in [0.717, 1.165) is 61.8 Å². The summed E-state index contributed by atoms with van der Waals surface area (Å²) in [4.78, 5) is 26.5. The van der Waals surface area contributed by atoms with Crippen molar-refractivity contribution in [3.63, 3.8) is 0 Å². The number of nitrogens with zero attached hydrogens (tertiary/aromatic N) is 2. The van der Waals surface area contributed by atoms with Gasteiger partial charge in [-0.2, -0.15) is 5.10 Å². The van der Waals surface area contributed by atoms with Gasteiger partial charge in [-0.15, -0.1) is 0 Å². The van der Waals surface area contributed by atoms with E-state index >= 15 is 0 Å². The topological polar surface area (TPSA) is 94.5 Å². The number of hydrogen-bond donors (Lipinski definition) is 2. The van der Waals surface area contributed by atoms with Gasteiger partial charge in [0.25, 0.3) is 5.91 Å². The summed E-state index contributed by atoms with van der Waals surface area (Å²) >= 11 is 0. The molecular weight excluding hydrogens is 523 g/mol. The van der Waals surface area contributed by atoms with E-state index in [-0.39, 0.29) is 41.8 Å². The van der Waals surface area contributed by atoms with Crippen molar-refractivity contribution in [1.29, 1.82) is 0 Å². The van der Waals surface area contributed by atoms with Gasteiger partial charge in [0, 0.05) is 18.5 Å². The average molecular weight is 563 g/mol. The zero-order valence-electron chi connectivity index (χ0n) is 23.8. The van der Waals surface area contributed by atoms with Crippen molar-refractivity contribution in [2.45, 2.75) is 82.3 Å². The third-order valence-electron chi connectivity index (χ3n) is 8.25. The number of aromatic nitrogens is 2. The van der Waals surface area contributed by atoms with Gasteiger partial charge in [0.2, 0.25) is 5.91 Å². The van der Waals surface area contributed by atoms with Gasteiger partial charge >= 0.3 is 0 Å². The molecule has 2 aromatic carbocycles. The van der Waals surface area contributed by atoms with Crippen LogP contribution in [0.25, 0.3) is 11.3 Å². The van der Waals surface area contributed by atoms with Crippen molar-refractivity contribution in [1.82, 2.24) is 20.4 Å². The van der Waals surface area contributed by atoms with Crippen molar-refractivity contribution in [2.75, 3.05) is 14.2 Å². The Bertz CT molecular complexity index is 1320. The molecule has 1 atom stereocenters. The fourth-order valence-corrected chi connectivity index (χ4v) is 5.76. The smallest absolute Gasteiger partial charge is 0.272 e. The van der Waals surface area contributed by atoms with E-state index in [1.54, 1.807) is 32.4 Å². The summed E-state index contributed by atoms with van der Waals surface area (Å²) in [5.74, 6) is 0.576. The monoisotopic (exact) mass is 562 g/mol. The largest absolute Gasteiger partial charge is 0.496 e. The molecule has 8 nitrogen and oxygen atoms in total. The van der Waals surface area contributed by atoms with Gasteiger partial charge < -0.3 is 20.1 Å². The SMILES string of the molecule is COc1cccc(OC)c1-c1cc(C(=O)NC(CCc2ccc(F)cc2)CC(=O)NC2CCC2)nn1C1CCCC1. The van der Waals surface area contributed by atoms with Gasteiger partial charge in [0.05, 0.1) is 31.5 Å². The highest BCUT2D eigenvalue weighted by Gasteiger charge is 2.28. The lowest BCUT2D eigenvalue weighted by Gasteiger charge is -2.27. The number of hydrogen-bond acceptors (Lipinski definition) is 5. The number of methoxy groups -OCH3 is 2. The van der Waals surface area contributed by atoms with E-state index < -0.39 is 6.04 Å². The van der Waals surface area contributed by atoms with Crippen LogP contribution in [0.2, 0.25) is 0 Å². The van der Waals surface area contributed by atoms with Crippen molar-refractivity contribution in [3.8, 4) is 22.8 Å². The summed E-state index contributed by atoms with van der Waals surface area (Å²) in [5, 5.41) is 11.0. The predicted octanol–water partition coefficient (Wildman–Crippen LogP) is 5.61. The van der Waals surface area contributed by atoms with Gasteiger partial charge in [-0.1, -0.05) is 31.0 Å². The molecule has 1 heterocycles. The van der Waals surface area contributed by atoms with Crippen LogP contribution in [0.5, 0.6) is 11.5 Å². The van der Waals surface area contributed by atoms with E-state index in [1.165, 1.54) is 12.1 Å². The number of benzene rings is 2. The molecule has 0 saturated heterocycles. The molecular formula is C32H39FN4O4. The maximum absolute atomic E-state index is 13.7. The Labute approximate surface area is 240 Å². The second-order valence-electron chi connectivity index (χ2n) is 11.1. The standard InChI is InChI=1S/C32H39FN4O4/c1-40-28-11-6-12-29(41-2)31(28)27-20-26(36-37(27)25-9-3-4-10-25)32(39)35-24(19-30(38)34-23-7-5-8-23)18-15-21-13-16-22(33)17-14-21/h6,11-14,16-17,20,23-25H,3-5,7-10,15,18-19H2,1-2H3,(H,34,38)(H,35,39). The number of ether oxygens (including phenoxy) is 2. The number of nitrogens with one attached hydrogen (secondary N) is 2. The van der Waals surface area contributed by atoms with E-state index in [0.29, 0.717) is 24.3 Å². The lowest BCUT2D eigenvalue weighted by Crippen LogP contribution is -2.44. The van der Waals surface area contributed by atoms with Crippen LogP contribution in [-0.4, -0.2) is 47.9 Å². The van der Waals surface area contributed by atoms with E-state index in [2.05, 4.69) is 10.6 Å². The summed E-state index contributed by atoms with van der Waals surface area (Å²) < 4.78 is 26.7. The number of halogens is 1. The first-order valence-electron chi connectivity index (χ1n) is 14.6. The van der Waals surface area contributed by atoms with Gasteiger partial charge in [-0.25, -0.2) is 4.39 Å². The predicted molar refractivity (Wildman–Crippen MR) is 155 cm³/mol. The van der Waals surface area contributed by atoms with Gasteiger partial charge in [-0.05, 0) is 80.8 Å². The zero-order chi connectivity index (χ0) is 28.8. The van der Waals surface area contributed by atoms with E-state index in [9.17, 15) is 14.0 Å². The fraction of sp³-hybridized carbons (Fsp3) is 0.469. The van der Waals surface area contributed by atoms with E-state index in [4.69, 9.17) is 14.6 Å². The molecule has 1 unspecified atom stereocenters. The quantitative estimate of drug-likeness (QED) is 0.299. The maximum atomic E-state index is 13.7. The first kappa shape index (κ1) is 28.6. The molecule has 2 aliphatic carbocycles. The highest BCUT2D eigenvalue weighted by atomic mass is 19.1. The van der Waals surface area contributed by atoms with Crippen LogP contribution in [0.15, 0.2) is 48.5 Å². The fourth-order valence-electron chi connectivity index (χ4n) is 5.76. The molecule has 2 saturated carbocycles. The minimum Gasteiger partial charge on any atom is -0.496 e. The van der Waals surface area contributed by atoms with Crippen LogP contribution >= 0.6 is 0 Å². The molecule has 2 N–H and O–H groups in total. The van der Waals surface area contributed by atoms with Crippen LogP contribution in [-0.2, 0) is 11.2 Å². The van der Waals surface area contributed by atoms with Gasteiger partial charge in [0.1, 0.15) is 17.3 Å². The molecule has 1 aromatic heterocycles. The Morgan fingerprint density at radius 1 is 1.00 bits per heavy atom. The van der Waals surface area contributed by atoms with Crippen molar-refractivity contribution >= 4 is 11.8 Å². The Morgan fingerprint density at radius 3 is 2.29 bits per heavy atom. The number of amides is 2. The van der Waals surface area contributed by atoms with E-state index in [1.807, 2.05) is 22.9 Å². The summed E-state index contributed by atoms with van der Waals surface area (Å²) in [6, 6.07) is 13.7. The van der Waals surface area contributed by atoms with Crippen molar-refractivity contribution < 1.29 is 23.5 Å². The first-order chi connectivity index (χ1) is 19.9. The molecule has 0 bridgehead atoms. The molecule has 2 amide bonds. The number of aryl methyl sites for hydroxylation is 1. The highest BCUT2D eigenvalue weighted by molar-refractivity contribution is 5.94. The lowest BCUT2D eigenvalue weighted by molar-refractivity contribution is -0.122. The highest BCUT2D eigenvalue weighted by Crippen LogP contribution is 2.41.